The van der Waals surface area contributed by atoms with Gasteiger partial charge in [0.25, 0.3) is 0 Å². The van der Waals surface area contributed by atoms with Crippen LogP contribution in [0.15, 0.2) is 56.6 Å². The van der Waals surface area contributed by atoms with E-state index in [1.807, 2.05) is 6.07 Å². The van der Waals surface area contributed by atoms with Crippen molar-refractivity contribution >= 4 is 41.9 Å². The summed E-state index contributed by atoms with van der Waals surface area (Å²) in [6, 6.07) is 8.58. The molecule has 0 bridgehead atoms. The summed E-state index contributed by atoms with van der Waals surface area (Å²) in [5.74, 6) is 0. The van der Waals surface area contributed by atoms with Crippen molar-refractivity contribution in [2.45, 2.75) is 11.4 Å². The van der Waals surface area contributed by atoms with Gasteiger partial charge in [-0.15, -0.1) is 0 Å². The van der Waals surface area contributed by atoms with Crippen molar-refractivity contribution in [1.29, 1.82) is 0 Å². The number of rotatable bonds is 4. The highest BCUT2D eigenvalue weighted by Gasteiger charge is 2.17. The van der Waals surface area contributed by atoms with Gasteiger partial charge < -0.3 is 0 Å². The van der Waals surface area contributed by atoms with Gasteiger partial charge in [0.2, 0.25) is 10.0 Å². The second-order valence-electron chi connectivity index (χ2n) is 3.76. The Hall–Kier alpha value is -0.760. The van der Waals surface area contributed by atoms with E-state index in [1.165, 1.54) is 0 Å². The molecule has 1 heterocycles. The quantitative estimate of drug-likeness (QED) is 0.850. The summed E-state index contributed by atoms with van der Waals surface area (Å²) < 4.78 is 28.2. The van der Waals surface area contributed by atoms with Crippen LogP contribution < -0.4 is 4.72 Å². The number of pyridine rings is 1. The number of sulfonamides is 1. The van der Waals surface area contributed by atoms with Crippen LogP contribution >= 0.6 is 31.9 Å². The van der Waals surface area contributed by atoms with E-state index in [9.17, 15) is 8.42 Å². The molecule has 100 valence electrons. The summed E-state index contributed by atoms with van der Waals surface area (Å²) in [6.07, 6.45) is 3.27. The Balaban J connectivity index is 2.21. The second kappa shape index (κ2) is 6.13. The maximum Gasteiger partial charge on any atom is 0.242 e. The molecule has 0 unspecified atom stereocenters. The van der Waals surface area contributed by atoms with Gasteiger partial charge in [0.1, 0.15) is 0 Å². The fraction of sp³-hybridized carbons (Fsp3) is 0.0833. The van der Waals surface area contributed by atoms with Crippen LogP contribution in [0.2, 0.25) is 0 Å². The molecule has 1 aromatic heterocycles. The fourth-order valence-electron chi connectivity index (χ4n) is 1.44. The monoisotopic (exact) mass is 404 g/mol. The molecular weight excluding hydrogens is 396 g/mol. The first-order valence-corrected chi connectivity index (χ1v) is 8.39. The molecule has 0 spiro atoms. The Morgan fingerprint density at radius 2 is 2.00 bits per heavy atom. The molecule has 7 heteroatoms. The third-order valence-corrected chi connectivity index (χ3v) is 5.26. The van der Waals surface area contributed by atoms with E-state index in [1.54, 1.807) is 36.7 Å². The van der Waals surface area contributed by atoms with Crippen molar-refractivity contribution < 1.29 is 8.42 Å². The van der Waals surface area contributed by atoms with Gasteiger partial charge in [-0.25, -0.2) is 13.1 Å². The smallest absolute Gasteiger partial charge is 0.242 e. The highest BCUT2D eigenvalue weighted by molar-refractivity contribution is 9.11. The van der Waals surface area contributed by atoms with Gasteiger partial charge >= 0.3 is 0 Å². The number of nitrogens with one attached hydrogen (secondary N) is 1. The van der Waals surface area contributed by atoms with Crippen molar-refractivity contribution in [3.8, 4) is 0 Å². The zero-order chi connectivity index (χ0) is 13.9. The zero-order valence-electron chi connectivity index (χ0n) is 9.68. The van der Waals surface area contributed by atoms with E-state index in [4.69, 9.17) is 0 Å². The van der Waals surface area contributed by atoms with Crippen LogP contribution in [-0.4, -0.2) is 13.4 Å². The lowest BCUT2D eigenvalue weighted by Crippen LogP contribution is -2.23. The molecule has 0 atom stereocenters. The summed E-state index contributed by atoms with van der Waals surface area (Å²) >= 11 is 6.50. The zero-order valence-corrected chi connectivity index (χ0v) is 13.7. The molecule has 0 radical (unpaired) electrons. The van der Waals surface area contributed by atoms with Crippen molar-refractivity contribution in [2.75, 3.05) is 0 Å². The normalized spacial score (nSPS) is 11.5. The first kappa shape index (κ1) is 14.6. The average Bonchev–Trinajstić information content (AvgIpc) is 2.40. The summed E-state index contributed by atoms with van der Waals surface area (Å²) in [4.78, 5) is 4.14. The second-order valence-corrected chi connectivity index (χ2v) is 7.27. The molecule has 4 nitrogen and oxygen atoms in total. The minimum atomic E-state index is -3.57. The van der Waals surface area contributed by atoms with Crippen molar-refractivity contribution in [1.82, 2.24) is 9.71 Å². The first-order valence-electron chi connectivity index (χ1n) is 5.33. The molecule has 0 fully saturated rings. The summed E-state index contributed by atoms with van der Waals surface area (Å²) in [5.41, 5.74) is 0.803. The van der Waals surface area contributed by atoms with Crippen LogP contribution in [0, 0.1) is 0 Å². The Labute approximate surface area is 128 Å². The Kier molecular flexibility index (Phi) is 4.72. The van der Waals surface area contributed by atoms with Crippen LogP contribution in [0.3, 0.4) is 0 Å². The van der Waals surface area contributed by atoms with Crippen LogP contribution in [0.4, 0.5) is 0 Å². The lowest BCUT2D eigenvalue weighted by Gasteiger charge is -2.08. The number of benzene rings is 1. The van der Waals surface area contributed by atoms with Crippen molar-refractivity contribution in [3.63, 3.8) is 0 Å². The van der Waals surface area contributed by atoms with Crippen LogP contribution in [-0.2, 0) is 16.6 Å². The number of halogens is 2. The van der Waals surface area contributed by atoms with Gasteiger partial charge in [-0.05, 0) is 45.8 Å². The molecular formula is C12H10Br2N2O2S. The van der Waals surface area contributed by atoms with Crippen LogP contribution in [0.5, 0.6) is 0 Å². The molecule has 1 aromatic carbocycles. The lowest BCUT2D eigenvalue weighted by molar-refractivity contribution is 0.580. The Morgan fingerprint density at radius 1 is 1.21 bits per heavy atom. The molecule has 2 aromatic rings. The molecule has 0 amide bonds. The van der Waals surface area contributed by atoms with E-state index in [2.05, 4.69) is 41.6 Å². The summed E-state index contributed by atoms with van der Waals surface area (Å²) in [7, 11) is -3.57. The van der Waals surface area contributed by atoms with Gasteiger partial charge in [-0.1, -0.05) is 22.0 Å². The average molecular weight is 406 g/mol. The minimum Gasteiger partial charge on any atom is -0.264 e. The molecule has 2 rings (SSSR count). The van der Waals surface area contributed by atoms with Crippen LogP contribution in [0.25, 0.3) is 0 Å². The molecule has 0 aliphatic rings. The van der Waals surface area contributed by atoms with E-state index >= 15 is 0 Å². The standard InChI is InChI=1S/C12H10Br2N2O2S/c13-10-3-4-11(14)12(6-10)19(17,18)16-8-9-2-1-5-15-7-9/h1-7,16H,8H2. The largest absolute Gasteiger partial charge is 0.264 e. The lowest BCUT2D eigenvalue weighted by atomic mass is 10.3. The molecule has 0 saturated heterocycles. The third kappa shape index (κ3) is 3.85. The highest BCUT2D eigenvalue weighted by Crippen LogP contribution is 2.25. The van der Waals surface area contributed by atoms with E-state index < -0.39 is 10.0 Å². The van der Waals surface area contributed by atoms with E-state index in [0.29, 0.717) is 8.95 Å². The number of nitrogens with zero attached hydrogens (tertiary/aromatic N) is 1. The van der Waals surface area contributed by atoms with Crippen LogP contribution in [0.1, 0.15) is 5.56 Å². The Morgan fingerprint density at radius 3 is 2.68 bits per heavy atom. The third-order valence-electron chi connectivity index (χ3n) is 2.37. The molecule has 1 N–H and O–H groups in total. The summed E-state index contributed by atoms with van der Waals surface area (Å²) in [6.45, 7) is 0.203. The molecule has 0 aliphatic carbocycles. The number of aromatic nitrogens is 1. The Bertz CT molecular complexity index is 675. The van der Waals surface area contributed by atoms with Crippen molar-refractivity contribution in [3.05, 3.63) is 57.2 Å². The van der Waals surface area contributed by atoms with Gasteiger partial charge in [-0.2, -0.15) is 0 Å². The van der Waals surface area contributed by atoms with Crippen molar-refractivity contribution in [2.24, 2.45) is 0 Å². The van der Waals surface area contributed by atoms with Gasteiger partial charge in [-0.3, -0.25) is 4.98 Å². The molecule has 0 aliphatic heterocycles. The minimum absolute atomic E-state index is 0.200. The molecule has 0 saturated carbocycles. The predicted molar refractivity (Wildman–Crippen MR) is 80.1 cm³/mol. The maximum absolute atomic E-state index is 12.2. The number of hydrogen-bond donors (Lipinski definition) is 1. The topological polar surface area (TPSA) is 59.1 Å². The maximum atomic E-state index is 12.2. The van der Waals surface area contributed by atoms with Gasteiger partial charge in [0.05, 0.1) is 4.90 Å². The number of hydrogen-bond acceptors (Lipinski definition) is 3. The predicted octanol–water partition coefficient (Wildman–Crippen LogP) is 3.09. The summed E-state index contributed by atoms with van der Waals surface area (Å²) in [5, 5.41) is 0. The van der Waals surface area contributed by atoms with Gasteiger partial charge in [0, 0.05) is 27.9 Å². The first-order chi connectivity index (χ1) is 8.99. The molecule has 19 heavy (non-hydrogen) atoms. The van der Waals surface area contributed by atoms with E-state index in [-0.39, 0.29) is 11.4 Å². The fourth-order valence-corrected chi connectivity index (χ4v) is 3.96. The van der Waals surface area contributed by atoms with Gasteiger partial charge in [0.15, 0.2) is 0 Å². The SMILES string of the molecule is O=S(=O)(NCc1cccnc1)c1cc(Br)ccc1Br. The van der Waals surface area contributed by atoms with E-state index in [0.717, 1.165) is 5.56 Å². The highest BCUT2D eigenvalue weighted by atomic mass is 79.9.